The highest BCUT2D eigenvalue weighted by Crippen LogP contribution is 2.43. The van der Waals surface area contributed by atoms with Crippen molar-refractivity contribution in [2.75, 3.05) is 32.7 Å². The fraction of sp³-hybridized carbons (Fsp3) is 0.941. The van der Waals surface area contributed by atoms with Crippen LogP contribution in [0.5, 0.6) is 0 Å². The van der Waals surface area contributed by atoms with Crippen LogP contribution >= 0.6 is 0 Å². The monoisotopic (exact) mass is 412 g/mol. The molecule has 0 aromatic carbocycles. The van der Waals surface area contributed by atoms with Crippen molar-refractivity contribution in [3.05, 3.63) is 0 Å². The van der Waals surface area contributed by atoms with E-state index in [-0.39, 0.29) is 19.0 Å². The first kappa shape index (κ1) is 22.3. The van der Waals surface area contributed by atoms with Gasteiger partial charge in [0.05, 0.1) is 0 Å². The molecule has 0 unspecified atom stereocenters. The Hall–Kier alpha value is -1.03. The first-order valence-corrected chi connectivity index (χ1v) is 11.2. The normalized spacial score (nSPS) is 22.3. The van der Waals surface area contributed by atoms with Gasteiger partial charge in [0.2, 0.25) is 0 Å². The van der Waals surface area contributed by atoms with Gasteiger partial charge >= 0.3 is 15.5 Å². The molecular formula is C17H31F3N4O2S. The number of nitrogens with zero attached hydrogens (tertiary/aromatic N) is 2. The summed E-state index contributed by atoms with van der Waals surface area (Å²) in [6.07, 6.45) is 5.59. The van der Waals surface area contributed by atoms with Crippen molar-refractivity contribution in [3.63, 3.8) is 0 Å². The number of aliphatic imine (C=N–C) groups is 1. The topological polar surface area (TPSA) is 73.8 Å². The molecule has 0 aromatic heterocycles. The minimum absolute atomic E-state index is 0.0964. The van der Waals surface area contributed by atoms with Gasteiger partial charge in [-0.15, -0.1) is 0 Å². The molecule has 0 amide bonds. The van der Waals surface area contributed by atoms with E-state index in [9.17, 15) is 21.6 Å². The lowest BCUT2D eigenvalue weighted by molar-refractivity contribution is -0.0496. The van der Waals surface area contributed by atoms with Gasteiger partial charge in [-0.25, -0.2) is 8.42 Å². The maximum absolute atomic E-state index is 12.6. The Morgan fingerprint density at radius 3 is 2.26 bits per heavy atom. The highest BCUT2D eigenvalue weighted by molar-refractivity contribution is 7.90. The van der Waals surface area contributed by atoms with Crippen LogP contribution in [0.3, 0.4) is 0 Å². The number of rotatable bonds is 7. The molecule has 2 rings (SSSR count). The Bertz CT molecular complexity index is 605. The Morgan fingerprint density at radius 1 is 1.19 bits per heavy atom. The summed E-state index contributed by atoms with van der Waals surface area (Å²) < 4.78 is 61.4. The van der Waals surface area contributed by atoms with Crippen molar-refractivity contribution in [1.29, 1.82) is 0 Å². The number of hydrogen-bond donors (Lipinski definition) is 2. The van der Waals surface area contributed by atoms with E-state index in [0.717, 1.165) is 25.5 Å². The van der Waals surface area contributed by atoms with E-state index in [1.54, 1.807) is 0 Å². The van der Waals surface area contributed by atoms with Gasteiger partial charge in [-0.3, -0.25) is 4.99 Å². The van der Waals surface area contributed by atoms with Gasteiger partial charge in [0, 0.05) is 32.7 Å². The predicted molar refractivity (Wildman–Crippen MR) is 99.8 cm³/mol. The summed E-state index contributed by atoms with van der Waals surface area (Å²) in [5.41, 5.74) is -4.90. The van der Waals surface area contributed by atoms with Crippen LogP contribution in [0.4, 0.5) is 13.2 Å². The quantitative estimate of drug-likeness (QED) is 0.498. The number of sulfonamides is 1. The smallest absolute Gasteiger partial charge is 0.357 e. The summed E-state index contributed by atoms with van der Waals surface area (Å²) in [5.74, 6) is 0.847. The first-order valence-electron chi connectivity index (χ1n) is 9.72. The summed E-state index contributed by atoms with van der Waals surface area (Å²) in [6.45, 7) is 6.06. The van der Waals surface area contributed by atoms with Gasteiger partial charge in [0.1, 0.15) is 0 Å². The zero-order valence-corrected chi connectivity index (χ0v) is 16.9. The molecule has 10 heteroatoms. The molecule has 0 aromatic rings. The van der Waals surface area contributed by atoms with Gasteiger partial charge in [0.15, 0.2) is 5.96 Å². The number of nitrogens with one attached hydrogen (secondary N) is 2. The van der Waals surface area contributed by atoms with Crippen LogP contribution in [0.25, 0.3) is 0 Å². The van der Waals surface area contributed by atoms with Crippen LogP contribution in [-0.4, -0.2) is 56.9 Å². The summed E-state index contributed by atoms with van der Waals surface area (Å²) in [7, 11) is -5.21. The van der Waals surface area contributed by atoms with E-state index in [0.29, 0.717) is 29.1 Å². The second-order valence-corrected chi connectivity index (χ2v) is 9.51. The van der Waals surface area contributed by atoms with E-state index >= 15 is 0 Å². The molecule has 158 valence electrons. The van der Waals surface area contributed by atoms with Crippen molar-refractivity contribution < 1.29 is 21.6 Å². The maximum atomic E-state index is 12.6. The Morgan fingerprint density at radius 2 is 1.81 bits per heavy atom. The minimum atomic E-state index is -5.22. The van der Waals surface area contributed by atoms with E-state index < -0.39 is 15.5 Å². The van der Waals surface area contributed by atoms with Crippen LogP contribution in [-0.2, 0) is 10.0 Å². The van der Waals surface area contributed by atoms with Crippen LogP contribution in [0, 0.1) is 11.3 Å². The fourth-order valence-electron chi connectivity index (χ4n) is 3.63. The van der Waals surface area contributed by atoms with Gasteiger partial charge in [-0.05, 0) is 50.4 Å². The highest BCUT2D eigenvalue weighted by atomic mass is 32.2. The lowest BCUT2D eigenvalue weighted by Crippen LogP contribution is -2.47. The zero-order chi connectivity index (χ0) is 20.1. The molecule has 1 heterocycles. The van der Waals surface area contributed by atoms with Crippen LogP contribution in [0.2, 0.25) is 0 Å². The average Bonchev–Trinajstić information content (AvgIpc) is 2.58. The highest BCUT2D eigenvalue weighted by Gasteiger charge is 2.50. The fourth-order valence-corrected chi connectivity index (χ4v) is 4.61. The molecule has 27 heavy (non-hydrogen) atoms. The molecule has 1 saturated heterocycles. The molecule has 0 atom stereocenters. The Balaban J connectivity index is 1.83. The molecular weight excluding hydrogens is 381 g/mol. The second kappa shape index (κ2) is 8.98. The van der Waals surface area contributed by atoms with E-state index in [4.69, 9.17) is 0 Å². The molecule has 1 aliphatic carbocycles. The third-order valence-corrected chi connectivity index (χ3v) is 7.48. The van der Waals surface area contributed by atoms with Gasteiger partial charge in [-0.1, -0.05) is 13.3 Å². The van der Waals surface area contributed by atoms with E-state index in [1.165, 1.54) is 19.3 Å². The number of guanidine groups is 1. The SMILES string of the molecule is CCNC(=NCC1(CC)CCC1)NCC1CCN(S(=O)(=O)C(F)(F)F)CC1. The molecule has 2 aliphatic rings. The minimum Gasteiger partial charge on any atom is -0.357 e. The predicted octanol–water partition coefficient (Wildman–Crippen LogP) is 2.68. The largest absolute Gasteiger partial charge is 0.511 e. The maximum Gasteiger partial charge on any atom is 0.511 e. The third kappa shape index (κ3) is 5.49. The van der Waals surface area contributed by atoms with Crippen LogP contribution in [0.1, 0.15) is 52.4 Å². The van der Waals surface area contributed by atoms with Gasteiger partial charge < -0.3 is 10.6 Å². The lowest BCUT2D eigenvalue weighted by Gasteiger charge is -2.40. The summed E-state index contributed by atoms with van der Waals surface area (Å²) in [6, 6.07) is 0. The number of halogens is 3. The number of hydrogen-bond acceptors (Lipinski definition) is 3. The van der Waals surface area contributed by atoms with Crippen LogP contribution < -0.4 is 10.6 Å². The standard InChI is InChI=1S/C17H31F3N4O2S/c1-3-16(8-5-9-16)13-23-15(21-4-2)22-12-14-6-10-24(11-7-14)27(25,26)17(18,19)20/h14H,3-13H2,1-2H3,(H2,21,22,23). The molecule has 6 nitrogen and oxygen atoms in total. The van der Waals surface area contributed by atoms with Crippen molar-refractivity contribution in [3.8, 4) is 0 Å². The van der Waals surface area contributed by atoms with Crippen molar-refractivity contribution in [2.45, 2.75) is 57.9 Å². The van der Waals surface area contributed by atoms with E-state index in [2.05, 4.69) is 22.5 Å². The summed E-state index contributed by atoms with van der Waals surface area (Å²) in [5, 5.41) is 6.47. The van der Waals surface area contributed by atoms with E-state index in [1.807, 2.05) is 6.92 Å². The average molecular weight is 413 g/mol. The molecule has 0 bridgehead atoms. The Kier molecular flexibility index (Phi) is 7.40. The van der Waals surface area contributed by atoms with Gasteiger partial charge in [0.25, 0.3) is 0 Å². The number of piperidine rings is 1. The molecule has 2 N–H and O–H groups in total. The van der Waals surface area contributed by atoms with Gasteiger partial charge in [-0.2, -0.15) is 17.5 Å². The molecule has 1 aliphatic heterocycles. The number of alkyl halides is 3. The molecule has 0 spiro atoms. The lowest BCUT2D eigenvalue weighted by atomic mass is 9.67. The van der Waals surface area contributed by atoms with Crippen molar-refractivity contribution >= 4 is 16.0 Å². The summed E-state index contributed by atoms with van der Waals surface area (Å²) >= 11 is 0. The molecule has 1 saturated carbocycles. The van der Waals surface area contributed by atoms with Crippen molar-refractivity contribution in [2.24, 2.45) is 16.3 Å². The molecule has 2 fully saturated rings. The second-order valence-electron chi connectivity index (χ2n) is 7.58. The first-order chi connectivity index (χ1) is 12.6. The Labute approximate surface area is 160 Å². The van der Waals surface area contributed by atoms with Crippen LogP contribution in [0.15, 0.2) is 4.99 Å². The molecule has 0 radical (unpaired) electrons. The third-order valence-electron chi connectivity index (χ3n) is 5.85. The summed E-state index contributed by atoms with van der Waals surface area (Å²) in [4.78, 5) is 4.69. The zero-order valence-electron chi connectivity index (χ0n) is 16.1. The van der Waals surface area contributed by atoms with Crippen molar-refractivity contribution in [1.82, 2.24) is 14.9 Å².